The summed E-state index contributed by atoms with van der Waals surface area (Å²) in [6.45, 7) is 2.40. The van der Waals surface area contributed by atoms with Crippen molar-refractivity contribution < 1.29 is 14.3 Å². The molecule has 8 nitrogen and oxygen atoms in total. The molecule has 0 spiro atoms. The first-order chi connectivity index (χ1) is 16.0. The summed E-state index contributed by atoms with van der Waals surface area (Å²) in [7, 11) is 3.46. The number of nitrogens with one attached hydrogen (secondary N) is 1. The standard InChI is InChI=1S/C25H25N5O3/c1-25(10-7-11-33-25)24(31)28-20-12-17-19(13-21(20)32-3)26-15-27-23(17)18-14-30(2)29-22(18)16-8-5-4-6-9-16/h4-6,8-9,12-15H,7,10-11H2,1-3H3,(H,28,31)/t25-/m0/s1. The van der Waals surface area contributed by atoms with E-state index in [4.69, 9.17) is 9.47 Å². The van der Waals surface area contributed by atoms with E-state index in [0.29, 0.717) is 30.0 Å². The topological polar surface area (TPSA) is 91.2 Å². The molecule has 1 aliphatic rings. The number of aryl methyl sites for hydroxylation is 1. The molecule has 5 rings (SSSR count). The van der Waals surface area contributed by atoms with E-state index in [1.807, 2.05) is 62.6 Å². The Labute approximate surface area is 191 Å². The molecule has 0 saturated carbocycles. The molecular formula is C25H25N5O3. The summed E-state index contributed by atoms with van der Waals surface area (Å²) in [6, 6.07) is 13.7. The van der Waals surface area contributed by atoms with Crippen LogP contribution in [0.5, 0.6) is 5.75 Å². The SMILES string of the molecule is COc1cc2ncnc(-c3cn(C)nc3-c3ccccc3)c2cc1NC(=O)[C@]1(C)CCCO1. The number of carbonyl (C=O) groups is 1. The Balaban J connectivity index is 1.64. The average molecular weight is 444 g/mol. The number of ether oxygens (including phenoxy) is 2. The van der Waals surface area contributed by atoms with Crippen LogP contribution in [0.2, 0.25) is 0 Å². The van der Waals surface area contributed by atoms with Gasteiger partial charge in [-0.2, -0.15) is 5.10 Å². The van der Waals surface area contributed by atoms with E-state index in [9.17, 15) is 4.79 Å². The predicted octanol–water partition coefficient (Wildman–Crippen LogP) is 4.21. The first-order valence-electron chi connectivity index (χ1n) is 10.9. The van der Waals surface area contributed by atoms with Crippen LogP contribution in [0.15, 0.2) is 55.0 Å². The van der Waals surface area contributed by atoms with Gasteiger partial charge in [-0.3, -0.25) is 9.48 Å². The first kappa shape index (κ1) is 21.1. The molecule has 1 atom stereocenters. The van der Waals surface area contributed by atoms with Crippen LogP contribution in [0.3, 0.4) is 0 Å². The van der Waals surface area contributed by atoms with E-state index in [-0.39, 0.29) is 5.91 Å². The van der Waals surface area contributed by atoms with E-state index >= 15 is 0 Å². The molecule has 2 aromatic carbocycles. The minimum Gasteiger partial charge on any atom is -0.494 e. The lowest BCUT2D eigenvalue weighted by atomic mass is 10.0. The van der Waals surface area contributed by atoms with Crippen LogP contribution < -0.4 is 10.1 Å². The smallest absolute Gasteiger partial charge is 0.256 e. The molecule has 0 bridgehead atoms. The second-order valence-corrected chi connectivity index (χ2v) is 8.36. The number of carbonyl (C=O) groups excluding carboxylic acids is 1. The van der Waals surface area contributed by atoms with Crippen molar-refractivity contribution in [3.8, 4) is 28.3 Å². The summed E-state index contributed by atoms with van der Waals surface area (Å²) < 4.78 is 13.0. The van der Waals surface area contributed by atoms with Crippen LogP contribution in [0.25, 0.3) is 33.4 Å². The number of methoxy groups -OCH3 is 1. The second kappa shape index (κ2) is 8.29. The zero-order valence-corrected chi connectivity index (χ0v) is 18.8. The maximum atomic E-state index is 13.0. The monoisotopic (exact) mass is 443 g/mol. The van der Waals surface area contributed by atoms with Crippen LogP contribution in [-0.2, 0) is 16.6 Å². The molecule has 1 amide bonds. The lowest BCUT2D eigenvalue weighted by molar-refractivity contribution is -0.133. The highest BCUT2D eigenvalue weighted by atomic mass is 16.5. The summed E-state index contributed by atoms with van der Waals surface area (Å²) in [5.41, 5.74) is 3.84. The van der Waals surface area contributed by atoms with Crippen molar-refractivity contribution in [2.24, 2.45) is 7.05 Å². The molecule has 3 heterocycles. The number of nitrogens with zero attached hydrogens (tertiary/aromatic N) is 4. The van der Waals surface area contributed by atoms with Gasteiger partial charge in [0, 0.05) is 42.4 Å². The number of aromatic nitrogens is 4. The van der Waals surface area contributed by atoms with Crippen LogP contribution in [-0.4, -0.2) is 45.0 Å². The molecule has 0 radical (unpaired) electrons. The van der Waals surface area contributed by atoms with Crippen molar-refractivity contribution in [2.75, 3.05) is 19.0 Å². The fraction of sp³-hybridized carbons (Fsp3) is 0.280. The minimum atomic E-state index is -0.847. The van der Waals surface area contributed by atoms with E-state index in [2.05, 4.69) is 20.4 Å². The summed E-state index contributed by atoms with van der Waals surface area (Å²) >= 11 is 0. The number of benzene rings is 2. The highest BCUT2D eigenvalue weighted by molar-refractivity contribution is 6.03. The minimum absolute atomic E-state index is 0.192. The molecule has 1 fully saturated rings. The third-order valence-electron chi connectivity index (χ3n) is 6.04. The van der Waals surface area contributed by atoms with Crippen LogP contribution in [0.4, 0.5) is 5.69 Å². The molecule has 2 aromatic heterocycles. The Hall–Kier alpha value is -3.78. The maximum absolute atomic E-state index is 13.0. The number of amides is 1. The van der Waals surface area contributed by atoms with Crippen molar-refractivity contribution >= 4 is 22.5 Å². The van der Waals surface area contributed by atoms with Gasteiger partial charge in [0.25, 0.3) is 5.91 Å². The van der Waals surface area contributed by atoms with Gasteiger partial charge in [-0.05, 0) is 25.8 Å². The van der Waals surface area contributed by atoms with Crippen molar-refractivity contribution in [2.45, 2.75) is 25.4 Å². The summed E-state index contributed by atoms with van der Waals surface area (Å²) in [5, 5.41) is 8.46. The second-order valence-electron chi connectivity index (χ2n) is 8.36. The fourth-order valence-electron chi connectivity index (χ4n) is 4.25. The van der Waals surface area contributed by atoms with Crippen LogP contribution in [0.1, 0.15) is 19.8 Å². The molecule has 33 heavy (non-hydrogen) atoms. The fourth-order valence-corrected chi connectivity index (χ4v) is 4.25. The Kier molecular flexibility index (Phi) is 5.30. The molecule has 4 aromatic rings. The van der Waals surface area contributed by atoms with E-state index < -0.39 is 5.60 Å². The Morgan fingerprint density at radius 3 is 2.73 bits per heavy atom. The molecule has 0 unspecified atom stereocenters. The Morgan fingerprint density at radius 1 is 1.18 bits per heavy atom. The lowest BCUT2D eigenvalue weighted by Crippen LogP contribution is -2.39. The molecule has 8 heteroatoms. The predicted molar refractivity (Wildman–Crippen MR) is 126 cm³/mol. The third kappa shape index (κ3) is 3.82. The van der Waals surface area contributed by atoms with Gasteiger partial charge in [-0.1, -0.05) is 30.3 Å². The normalized spacial score (nSPS) is 17.9. The Morgan fingerprint density at radius 2 is 2.00 bits per heavy atom. The van der Waals surface area contributed by atoms with E-state index in [1.54, 1.807) is 11.8 Å². The van der Waals surface area contributed by atoms with Gasteiger partial charge in [-0.25, -0.2) is 9.97 Å². The zero-order chi connectivity index (χ0) is 23.0. The molecular weight excluding hydrogens is 418 g/mol. The number of hydrogen-bond acceptors (Lipinski definition) is 6. The lowest BCUT2D eigenvalue weighted by Gasteiger charge is -2.23. The highest BCUT2D eigenvalue weighted by Crippen LogP contribution is 2.38. The van der Waals surface area contributed by atoms with Crippen LogP contribution in [0, 0.1) is 0 Å². The van der Waals surface area contributed by atoms with Crippen molar-refractivity contribution in [3.05, 3.63) is 55.0 Å². The van der Waals surface area contributed by atoms with Gasteiger partial charge in [0.2, 0.25) is 0 Å². The molecule has 1 aliphatic heterocycles. The van der Waals surface area contributed by atoms with Gasteiger partial charge < -0.3 is 14.8 Å². The third-order valence-corrected chi connectivity index (χ3v) is 6.04. The van der Waals surface area contributed by atoms with Crippen molar-refractivity contribution in [1.29, 1.82) is 0 Å². The van der Waals surface area contributed by atoms with Gasteiger partial charge in [0.15, 0.2) is 0 Å². The molecule has 168 valence electrons. The summed E-state index contributed by atoms with van der Waals surface area (Å²) in [6.07, 6.45) is 5.02. The van der Waals surface area contributed by atoms with E-state index in [0.717, 1.165) is 34.3 Å². The highest BCUT2D eigenvalue weighted by Gasteiger charge is 2.38. The number of anilines is 1. The molecule has 0 aliphatic carbocycles. The van der Waals surface area contributed by atoms with Gasteiger partial charge in [0.05, 0.1) is 24.0 Å². The average Bonchev–Trinajstić information content (AvgIpc) is 3.45. The number of fused-ring (bicyclic) bond motifs is 1. The maximum Gasteiger partial charge on any atom is 0.256 e. The van der Waals surface area contributed by atoms with Gasteiger partial charge >= 0.3 is 0 Å². The summed E-state index contributed by atoms with van der Waals surface area (Å²) in [5.74, 6) is 0.332. The number of rotatable bonds is 5. The Bertz CT molecular complexity index is 1330. The van der Waals surface area contributed by atoms with Crippen molar-refractivity contribution in [3.63, 3.8) is 0 Å². The summed E-state index contributed by atoms with van der Waals surface area (Å²) in [4.78, 5) is 22.0. The van der Waals surface area contributed by atoms with Gasteiger partial charge in [-0.15, -0.1) is 0 Å². The number of hydrogen-bond donors (Lipinski definition) is 1. The molecule has 1 N–H and O–H groups in total. The largest absolute Gasteiger partial charge is 0.494 e. The molecule has 1 saturated heterocycles. The van der Waals surface area contributed by atoms with Crippen LogP contribution >= 0.6 is 0 Å². The van der Waals surface area contributed by atoms with Crippen molar-refractivity contribution in [1.82, 2.24) is 19.7 Å². The zero-order valence-electron chi connectivity index (χ0n) is 18.8. The first-order valence-corrected chi connectivity index (χ1v) is 10.9. The quantitative estimate of drug-likeness (QED) is 0.497. The van der Waals surface area contributed by atoms with E-state index in [1.165, 1.54) is 6.33 Å². The van der Waals surface area contributed by atoms with Gasteiger partial charge in [0.1, 0.15) is 23.4 Å².